The minimum atomic E-state index is -1.13. The molecular weight excluding hydrogens is 344 g/mol. The summed E-state index contributed by atoms with van der Waals surface area (Å²) in [5.41, 5.74) is -0.102. The monoisotopic (exact) mass is 374 g/mol. The molecule has 0 bridgehead atoms. The first-order valence-corrected chi connectivity index (χ1v) is 9.64. The lowest BCUT2D eigenvalue weighted by Crippen LogP contribution is -2.38. The van der Waals surface area contributed by atoms with Gasteiger partial charge in [0.05, 0.1) is 12.7 Å². The van der Waals surface area contributed by atoms with Gasteiger partial charge in [0.25, 0.3) is 0 Å². The molecule has 1 aromatic rings. The highest BCUT2D eigenvalue weighted by Crippen LogP contribution is 2.42. The highest BCUT2D eigenvalue weighted by molar-refractivity contribution is 6.00. The summed E-state index contributed by atoms with van der Waals surface area (Å²) in [4.78, 5) is 24.9. The molecule has 1 fully saturated rings. The Morgan fingerprint density at radius 1 is 1.19 bits per heavy atom. The number of rotatable bonds is 10. The van der Waals surface area contributed by atoms with Crippen molar-refractivity contribution in [1.29, 1.82) is 0 Å². The van der Waals surface area contributed by atoms with Gasteiger partial charge in [-0.3, -0.25) is 4.79 Å². The number of methoxy groups -OCH3 is 1. The average Bonchev–Trinajstić information content (AvgIpc) is 2.91. The number of cyclic esters (lactones) is 1. The van der Waals surface area contributed by atoms with E-state index in [0.29, 0.717) is 6.42 Å². The molecule has 148 valence electrons. The fourth-order valence-corrected chi connectivity index (χ4v) is 3.28. The number of carbonyl (C=O) groups is 2. The Kier molecular flexibility index (Phi) is 7.45. The third-order valence-corrected chi connectivity index (χ3v) is 5.29. The summed E-state index contributed by atoms with van der Waals surface area (Å²) in [7, 11) is 1.60. The van der Waals surface area contributed by atoms with E-state index in [-0.39, 0.29) is 12.2 Å². The molecule has 27 heavy (non-hydrogen) atoms. The maximum absolute atomic E-state index is 12.8. The van der Waals surface area contributed by atoms with Crippen LogP contribution < -0.4 is 4.74 Å². The summed E-state index contributed by atoms with van der Waals surface area (Å²) in [5, 5.41) is 0. The van der Waals surface area contributed by atoms with E-state index in [1.807, 2.05) is 24.3 Å². The summed E-state index contributed by atoms with van der Waals surface area (Å²) in [6.07, 6.45) is 5.61. The summed E-state index contributed by atoms with van der Waals surface area (Å²) >= 11 is 0. The van der Waals surface area contributed by atoms with Crippen molar-refractivity contribution < 1.29 is 23.8 Å². The van der Waals surface area contributed by atoms with Crippen LogP contribution in [0.25, 0.3) is 0 Å². The van der Waals surface area contributed by atoms with Crippen molar-refractivity contribution >= 4 is 11.9 Å². The standard InChI is InChI=1S/C22H30O5/c1-5-6-7-8-9-10-19-22(3,16(2)20(23)27-19)21(24)26-15-17-11-13-18(25-4)14-12-17/h11-14,19H,2,5-10,15H2,1,3-4H3/t19-,22-/m0/s1. The fourth-order valence-electron chi connectivity index (χ4n) is 3.28. The van der Waals surface area contributed by atoms with Gasteiger partial charge in [0.15, 0.2) is 0 Å². The Morgan fingerprint density at radius 2 is 1.85 bits per heavy atom. The Hall–Kier alpha value is -2.30. The van der Waals surface area contributed by atoms with Gasteiger partial charge in [0, 0.05) is 0 Å². The van der Waals surface area contributed by atoms with Gasteiger partial charge in [-0.15, -0.1) is 0 Å². The summed E-state index contributed by atoms with van der Waals surface area (Å²) in [6, 6.07) is 7.30. The van der Waals surface area contributed by atoms with Gasteiger partial charge in [0.1, 0.15) is 23.9 Å². The second-order valence-electron chi connectivity index (χ2n) is 7.20. The Balaban J connectivity index is 1.98. The largest absolute Gasteiger partial charge is 0.497 e. The molecule has 0 unspecified atom stereocenters. The van der Waals surface area contributed by atoms with Crippen molar-refractivity contribution in [2.75, 3.05) is 7.11 Å². The number of ether oxygens (including phenoxy) is 3. The third-order valence-electron chi connectivity index (χ3n) is 5.29. The molecule has 0 aliphatic carbocycles. The molecule has 1 aromatic carbocycles. The number of hydrogen-bond acceptors (Lipinski definition) is 5. The first kappa shape index (κ1) is 21.0. The van der Waals surface area contributed by atoms with Crippen LogP contribution in [0.2, 0.25) is 0 Å². The molecule has 1 aliphatic heterocycles. The van der Waals surface area contributed by atoms with E-state index in [0.717, 1.165) is 30.6 Å². The van der Waals surface area contributed by atoms with E-state index in [1.54, 1.807) is 14.0 Å². The molecule has 1 saturated heterocycles. The van der Waals surface area contributed by atoms with E-state index in [9.17, 15) is 9.59 Å². The average molecular weight is 374 g/mol. The maximum Gasteiger partial charge on any atom is 0.335 e. The van der Waals surface area contributed by atoms with Crippen LogP contribution >= 0.6 is 0 Å². The predicted octanol–water partition coefficient (Wildman–Crippen LogP) is 4.59. The van der Waals surface area contributed by atoms with Crippen LogP contribution in [0.3, 0.4) is 0 Å². The zero-order valence-corrected chi connectivity index (χ0v) is 16.6. The van der Waals surface area contributed by atoms with Gasteiger partial charge >= 0.3 is 11.9 Å². The van der Waals surface area contributed by atoms with Crippen molar-refractivity contribution in [3.63, 3.8) is 0 Å². The molecule has 2 atom stereocenters. The van der Waals surface area contributed by atoms with Crippen LogP contribution in [-0.4, -0.2) is 25.2 Å². The number of unbranched alkanes of at least 4 members (excludes halogenated alkanes) is 4. The first-order valence-electron chi connectivity index (χ1n) is 9.64. The minimum absolute atomic E-state index is 0.128. The summed E-state index contributed by atoms with van der Waals surface area (Å²) < 4.78 is 16.1. The summed E-state index contributed by atoms with van der Waals surface area (Å²) in [6.45, 7) is 7.80. The van der Waals surface area contributed by atoms with E-state index in [4.69, 9.17) is 14.2 Å². The number of benzene rings is 1. The van der Waals surface area contributed by atoms with Crippen LogP contribution in [0, 0.1) is 5.41 Å². The van der Waals surface area contributed by atoms with E-state index < -0.39 is 23.5 Å². The van der Waals surface area contributed by atoms with E-state index >= 15 is 0 Å². The van der Waals surface area contributed by atoms with Gasteiger partial charge in [-0.25, -0.2) is 4.79 Å². The number of hydrogen-bond donors (Lipinski definition) is 0. The highest BCUT2D eigenvalue weighted by Gasteiger charge is 2.55. The van der Waals surface area contributed by atoms with Gasteiger partial charge in [-0.2, -0.15) is 0 Å². The molecule has 1 heterocycles. The number of carbonyl (C=O) groups excluding carboxylic acids is 2. The SMILES string of the molecule is C=C1C(=O)O[C@@H](CCCCCCC)[C@@]1(C)C(=O)OCc1ccc(OC)cc1. The molecule has 1 aliphatic rings. The van der Waals surface area contributed by atoms with Gasteiger partial charge in [-0.1, -0.05) is 51.3 Å². The Morgan fingerprint density at radius 3 is 2.48 bits per heavy atom. The molecule has 5 nitrogen and oxygen atoms in total. The van der Waals surface area contributed by atoms with Crippen LogP contribution in [0.1, 0.15) is 57.9 Å². The molecule has 0 saturated carbocycles. The molecule has 5 heteroatoms. The van der Waals surface area contributed by atoms with Gasteiger partial charge < -0.3 is 14.2 Å². The maximum atomic E-state index is 12.8. The van der Waals surface area contributed by atoms with E-state index in [1.165, 1.54) is 12.8 Å². The molecule has 2 rings (SSSR count). The molecular formula is C22H30O5. The highest BCUT2D eigenvalue weighted by atomic mass is 16.6. The molecule has 0 spiro atoms. The van der Waals surface area contributed by atoms with Crippen molar-refractivity contribution in [1.82, 2.24) is 0 Å². The fraction of sp³-hybridized carbons (Fsp3) is 0.545. The van der Waals surface area contributed by atoms with Crippen molar-refractivity contribution in [2.24, 2.45) is 5.41 Å². The van der Waals surface area contributed by atoms with E-state index in [2.05, 4.69) is 13.5 Å². The molecule has 0 N–H and O–H groups in total. The normalized spacial score (nSPS) is 21.8. The topological polar surface area (TPSA) is 61.8 Å². The Labute approximate surface area is 161 Å². The quantitative estimate of drug-likeness (QED) is 0.341. The second-order valence-corrected chi connectivity index (χ2v) is 7.20. The van der Waals surface area contributed by atoms with Gasteiger partial charge in [-0.05, 0) is 37.5 Å². The molecule has 0 aromatic heterocycles. The van der Waals surface area contributed by atoms with Crippen molar-refractivity contribution in [2.45, 2.75) is 65.1 Å². The zero-order chi connectivity index (χ0) is 19.9. The third kappa shape index (κ3) is 4.90. The summed E-state index contributed by atoms with van der Waals surface area (Å²) in [5.74, 6) is -0.228. The minimum Gasteiger partial charge on any atom is -0.497 e. The first-order chi connectivity index (χ1) is 12.9. The second kappa shape index (κ2) is 9.58. The molecule has 0 radical (unpaired) electrons. The van der Waals surface area contributed by atoms with Crippen LogP contribution in [-0.2, 0) is 25.7 Å². The van der Waals surface area contributed by atoms with Crippen molar-refractivity contribution in [3.8, 4) is 5.75 Å². The van der Waals surface area contributed by atoms with Gasteiger partial charge in [0.2, 0.25) is 0 Å². The van der Waals surface area contributed by atoms with Crippen LogP contribution in [0.15, 0.2) is 36.4 Å². The van der Waals surface area contributed by atoms with Crippen LogP contribution in [0.5, 0.6) is 5.75 Å². The molecule has 0 amide bonds. The zero-order valence-electron chi connectivity index (χ0n) is 16.6. The van der Waals surface area contributed by atoms with Crippen LogP contribution in [0.4, 0.5) is 0 Å². The lowest BCUT2D eigenvalue weighted by molar-refractivity contribution is -0.158. The Bertz CT molecular complexity index is 664. The lowest BCUT2D eigenvalue weighted by Gasteiger charge is -2.27. The lowest BCUT2D eigenvalue weighted by atomic mass is 9.78. The smallest absolute Gasteiger partial charge is 0.335 e. The predicted molar refractivity (Wildman–Crippen MR) is 103 cm³/mol. The van der Waals surface area contributed by atoms with Crippen molar-refractivity contribution in [3.05, 3.63) is 42.0 Å². The number of esters is 2.